The van der Waals surface area contributed by atoms with Gasteiger partial charge in [-0.15, -0.1) is 0 Å². The minimum absolute atomic E-state index is 0.0510. The molecule has 0 aliphatic carbocycles. The van der Waals surface area contributed by atoms with Gasteiger partial charge in [-0.1, -0.05) is 12.1 Å². The molecule has 0 heterocycles. The van der Waals surface area contributed by atoms with Crippen LogP contribution in [0.1, 0.15) is 12.5 Å². The van der Waals surface area contributed by atoms with Crippen LogP contribution < -0.4 is 5.32 Å². The monoisotopic (exact) mass is 265 g/mol. The Bertz CT molecular complexity index is 421. The lowest BCUT2D eigenvalue weighted by atomic mass is 10.2. The Morgan fingerprint density at radius 2 is 2.05 bits per heavy atom. The number of carbonyl (C=O) groups excluding carboxylic acids is 1. The van der Waals surface area contributed by atoms with Gasteiger partial charge in [-0.3, -0.25) is 0 Å². The van der Waals surface area contributed by atoms with Crippen LogP contribution in [0, 0.1) is 0 Å². The van der Waals surface area contributed by atoms with E-state index in [9.17, 15) is 4.79 Å². The number of rotatable bonds is 5. The van der Waals surface area contributed by atoms with Crippen LogP contribution in [0.4, 0.5) is 10.5 Å². The van der Waals surface area contributed by atoms with E-state index in [1.807, 2.05) is 38.4 Å². The van der Waals surface area contributed by atoms with Crippen molar-refractivity contribution in [3.8, 4) is 0 Å². The fraction of sp³-hybridized carbons (Fsp3) is 0.500. The largest absolute Gasteiger partial charge is 0.394 e. The third-order valence-electron chi connectivity index (χ3n) is 2.92. The van der Waals surface area contributed by atoms with Gasteiger partial charge in [0.1, 0.15) is 0 Å². The van der Waals surface area contributed by atoms with Gasteiger partial charge in [-0.2, -0.15) is 0 Å². The smallest absolute Gasteiger partial charge is 0.321 e. The normalized spacial score (nSPS) is 12.3. The summed E-state index contributed by atoms with van der Waals surface area (Å²) in [5.41, 5.74) is 1.90. The third kappa shape index (κ3) is 4.89. The summed E-state index contributed by atoms with van der Waals surface area (Å²) in [7, 11) is 5.67. The number of hydrogen-bond acceptors (Lipinski definition) is 3. The summed E-state index contributed by atoms with van der Waals surface area (Å²) in [6.07, 6.45) is 0. The number of amides is 2. The zero-order chi connectivity index (χ0) is 14.4. The summed E-state index contributed by atoms with van der Waals surface area (Å²) in [6.45, 7) is 2.57. The van der Waals surface area contributed by atoms with Crippen LogP contribution >= 0.6 is 0 Å². The molecular formula is C14H23N3O2. The van der Waals surface area contributed by atoms with Gasteiger partial charge in [-0.25, -0.2) is 4.79 Å². The maximum absolute atomic E-state index is 11.9. The van der Waals surface area contributed by atoms with Crippen molar-refractivity contribution in [1.29, 1.82) is 0 Å². The average molecular weight is 265 g/mol. The van der Waals surface area contributed by atoms with Crippen molar-refractivity contribution in [3.63, 3.8) is 0 Å². The third-order valence-corrected chi connectivity index (χ3v) is 2.92. The molecule has 0 aromatic heterocycles. The van der Waals surface area contributed by atoms with E-state index < -0.39 is 0 Å². The van der Waals surface area contributed by atoms with Crippen LogP contribution in [-0.4, -0.2) is 54.7 Å². The minimum atomic E-state index is -0.219. The Balaban J connectivity index is 2.69. The van der Waals surface area contributed by atoms with Crippen molar-refractivity contribution >= 4 is 11.7 Å². The molecule has 5 nitrogen and oxygen atoms in total. The number of carbonyl (C=O) groups is 1. The molecular weight excluding hydrogens is 242 g/mol. The molecule has 19 heavy (non-hydrogen) atoms. The van der Waals surface area contributed by atoms with Crippen molar-refractivity contribution in [2.24, 2.45) is 0 Å². The highest BCUT2D eigenvalue weighted by Crippen LogP contribution is 2.12. The molecule has 0 bridgehead atoms. The zero-order valence-corrected chi connectivity index (χ0v) is 12.1. The summed E-state index contributed by atoms with van der Waals surface area (Å²) in [6, 6.07) is 7.33. The first-order valence-corrected chi connectivity index (χ1v) is 6.32. The van der Waals surface area contributed by atoms with E-state index in [1.165, 1.54) is 4.90 Å². The summed E-state index contributed by atoms with van der Waals surface area (Å²) in [5, 5.41) is 11.9. The predicted molar refractivity (Wildman–Crippen MR) is 77.2 cm³/mol. The zero-order valence-electron chi connectivity index (χ0n) is 12.1. The van der Waals surface area contributed by atoms with Crippen molar-refractivity contribution in [2.45, 2.75) is 19.5 Å². The number of aliphatic hydroxyl groups is 1. The van der Waals surface area contributed by atoms with Crippen LogP contribution in [-0.2, 0) is 6.54 Å². The summed E-state index contributed by atoms with van der Waals surface area (Å²) < 4.78 is 0. The molecule has 2 N–H and O–H groups in total. The number of urea groups is 1. The van der Waals surface area contributed by atoms with Crippen LogP contribution in [0.15, 0.2) is 24.3 Å². The molecule has 0 aliphatic heterocycles. The highest BCUT2D eigenvalue weighted by atomic mass is 16.3. The predicted octanol–water partition coefficient (Wildman–Crippen LogP) is 1.59. The first-order chi connectivity index (χ1) is 8.93. The number of anilines is 1. The molecule has 2 amide bonds. The van der Waals surface area contributed by atoms with Crippen molar-refractivity contribution < 1.29 is 9.90 Å². The topological polar surface area (TPSA) is 55.8 Å². The Kier molecular flexibility index (Phi) is 5.79. The molecule has 0 saturated carbocycles. The Morgan fingerprint density at radius 3 is 2.63 bits per heavy atom. The molecule has 1 rings (SSSR count). The summed E-state index contributed by atoms with van der Waals surface area (Å²) in [4.78, 5) is 15.5. The molecule has 1 aromatic rings. The fourth-order valence-corrected chi connectivity index (χ4v) is 1.65. The molecule has 0 saturated heterocycles. The van der Waals surface area contributed by atoms with E-state index in [-0.39, 0.29) is 18.7 Å². The van der Waals surface area contributed by atoms with Crippen LogP contribution in [0.3, 0.4) is 0 Å². The van der Waals surface area contributed by atoms with E-state index in [0.717, 1.165) is 17.8 Å². The van der Waals surface area contributed by atoms with Gasteiger partial charge in [0.15, 0.2) is 0 Å². The Morgan fingerprint density at radius 1 is 1.37 bits per heavy atom. The van der Waals surface area contributed by atoms with E-state index >= 15 is 0 Å². The van der Waals surface area contributed by atoms with Crippen LogP contribution in [0.25, 0.3) is 0 Å². The molecule has 0 radical (unpaired) electrons. The second-order valence-electron chi connectivity index (χ2n) is 5.01. The van der Waals surface area contributed by atoms with E-state index in [1.54, 1.807) is 14.0 Å². The second-order valence-corrected chi connectivity index (χ2v) is 5.01. The quantitative estimate of drug-likeness (QED) is 0.850. The van der Waals surface area contributed by atoms with Gasteiger partial charge in [0.2, 0.25) is 0 Å². The number of likely N-dealkylation sites (N-methyl/N-ethyl adjacent to an activating group) is 1. The van der Waals surface area contributed by atoms with E-state index in [4.69, 9.17) is 5.11 Å². The van der Waals surface area contributed by atoms with Crippen molar-refractivity contribution in [1.82, 2.24) is 9.80 Å². The molecule has 106 valence electrons. The van der Waals surface area contributed by atoms with Crippen molar-refractivity contribution in [3.05, 3.63) is 29.8 Å². The number of nitrogens with zero attached hydrogens (tertiary/aromatic N) is 2. The molecule has 1 atom stereocenters. The first-order valence-electron chi connectivity index (χ1n) is 6.32. The Labute approximate surface area is 114 Å². The van der Waals surface area contributed by atoms with Gasteiger partial charge in [-0.05, 0) is 38.7 Å². The Hall–Kier alpha value is -1.59. The average Bonchev–Trinajstić information content (AvgIpc) is 2.36. The highest BCUT2D eigenvalue weighted by Gasteiger charge is 2.14. The van der Waals surface area contributed by atoms with Gasteiger partial charge in [0.05, 0.1) is 12.6 Å². The second kappa shape index (κ2) is 7.11. The van der Waals surface area contributed by atoms with E-state index in [0.29, 0.717) is 0 Å². The number of hydrogen-bond donors (Lipinski definition) is 2. The SMILES string of the molecule is CC(CO)N(C)C(=O)Nc1cccc(CN(C)C)c1. The minimum Gasteiger partial charge on any atom is -0.394 e. The van der Waals surface area contributed by atoms with Gasteiger partial charge in [0, 0.05) is 19.3 Å². The molecule has 0 spiro atoms. The van der Waals surface area contributed by atoms with Gasteiger partial charge >= 0.3 is 6.03 Å². The molecule has 1 aromatic carbocycles. The lowest BCUT2D eigenvalue weighted by Crippen LogP contribution is -2.40. The van der Waals surface area contributed by atoms with Crippen LogP contribution in [0.2, 0.25) is 0 Å². The molecule has 0 fully saturated rings. The highest BCUT2D eigenvalue weighted by molar-refractivity contribution is 5.89. The van der Waals surface area contributed by atoms with Gasteiger partial charge in [0.25, 0.3) is 0 Å². The summed E-state index contributed by atoms with van der Waals surface area (Å²) >= 11 is 0. The summed E-state index contributed by atoms with van der Waals surface area (Å²) in [5.74, 6) is 0. The molecule has 5 heteroatoms. The van der Waals surface area contributed by atoms with Gasteiger partial charge < -0.3 is 20.2 Å². The van der Waals surface area contributed by atoms with E-state index in [2.05, 4.69) is 10.2 Å². The maximum Gasteiger partial charge on any atom is 0.321 e. The molecule has 1 unspecified atom stereocenters. The molecule has 0 aliphatic rings. The maximum atomic E-state index is 11.9. The number of benzene rings is 1. The lowest BCUT2D eigenvalue weighted by molar-refractivity contribution is 0.166. The van der Waals surface area contributed by atoms with Crippen LogP contribution in [0.5, 0.6) is 0 Å². The number of nitrogens with one attached hydrogen (secondary N) is 1. The lowest BCUT2D eigenvalue weighted by Gasteiger charge is -2.23. The van der Waals surface area contributed by atoms with Crippen molar-refractivity contribution in [2.75, 3.05) is 33.1 Å². The number of aliphatic hydroxyl groups excluding tert-OH is 1. The standard InChI is InChI=1S/C14H23N3O2/c1-11(10-18)17(4)14(19)15-13-7-5-6-12(8-13)9-16(2)3/h5-8,11,18H,9-10H2,1-4H3,(H,15,19). The first kappa shape index (κ1) is 15.5. The fourth-order valence-electron chi connectivity index (χ4n) is 1.65.